The van der Waals surface area contributed by atoms with E-state index in [4.69, 9.17) is 0 Å². The predicted molar refractivity (Wildman–Crippen MR) is 66.4 cm³/mol. The van der Waals surface area contributed by atoms with Gasteiger partial charge in [-0.15, -0.1) is 0 Å². The van der Waals surface area contributed by atoms with Gasteiger partial charge in [0.15, 0.2) is 17.5 Å². The fraction of sp³-hybridized carbons (Fsp3) is 0.462. The molecule has 0 saturated carbocycles. The molecule has 0 saturated heterocycles. The number of hydrogen-bond donors (Lipinski definition) is 1. The van der Waals surface area contributed by atoms with E-state index in [1.165, 1.54) is 0 Å². The molecule has 0 atom stereocenters. The van der Waals surface area contributed by atoms with Crippen molar-refractivity contribution in [3.63, 3.8) is 0 Å². The Kier molecular flexibility index (Phi) is 5.82. The van der Waals surface area contributed by atoms with E-state index in [9.17, 15) is 18.0 Å². The number of carbonyl (C=O) groups is 1. The molecule has 0 fully saturated rings. The summed E-state index contributed by atoms with van der Waals surface area (Å²) < 4.78 is 38.6. The van der Waals surface area contributed by atoms with Gasteiger partial charge in [0.1, 0.15) is 0 Å². The SMILES string of the molecule is CCN(CC)CCNC(=O)c1cc(F)c(F)c(F)c1. The second-order valence-corrected chi connectivity index (χ2v) is 4.04. The minimum Gasteiger partial charge on any atom is -0.351 e. The largest absolute Gasteiger partial charge is 0.351 e. The highest BCUT2D eigenvalue weighted by Crippen LogP contribution is 2.13. The van der Waals surface area contributed by atoms with Crippen LogP contribution in [-0.2, 0) is 0 Å². The van der Waals surface area contributed by atoms with Crippen LogP contribution in [0.4, 0.5) is 13.2 Å². The molecule has 1 aromatic rings. The normalized spacial score (nSPS) is 10.8. The highest BCUT2D eigenvalue weighted by atomic mass is 19.2. The van der Waals surface area contributed by atoms with E-state index in [2.05, 4.69) is 10.2 Å². The van der Waals surface area contributed by atoms with Gasteiger partial charge in [0.05, 0.1) is 0 Å². The lowest BCUT2D eigenvalue weighted by Crippen LogP contribution is -2.34. The Labute approximate surface area is 110 Å². The summed E-state index contributed by atoms with van der Waals surface area (Å²) in [6.45, 7) is 6.70. The maximum Gasteiger partial charge on any atom is 0.251 e. The van der Waals surface area contributed by atoms with E-state index < -0.39 is 23.4 Å². The Bertz CT molecular complexity index is 425. The van der Waals surface area contributed by atoms with Gasteiger partial charge in [-0.2, -0.15) is 0 Å². The van der Waals surface area contributed by atoms with Gasteiger partial charge in [0.25, 0.3) is 5.91 Å². The van der Waals surface area contributed by atoms with Crippen LogP contribution in [0.2, 0.25) is 0 Å². The Hall–Kier alpha value is -1.56. The third-order valence-electron chi connectivity index (χ3n) is 2.85. The lowest BCUT2D eigenvalue weighted by atomic mass is 10.2. The van der Waals surface area contributed by atoms with Gasteiger partial charge >= 0.3 is 0 Å². The van der Waals surface area contributed by atoms with E-state index in [0.29, 0.717) is 25.2 Å². The molecule has 1 rings (SSSR count). The first-order valence-corrected chi connectivity index (χ1v) is 6.14. The second-order valence-electron chi connectivity index (χ2n) is 4.04. The summed E-state index contributed by atoms with van der Waals surface area (Å²) in [5.41, 5.74) is -0.226. The van der Waals surface area contributed by atoms with Crippen LogP contribution in [0.1, 0.15) is 24.2 Å². The van der Waals surface area contributed by atoms with Crippen molar-refractivity contribution in [2.75, 3.05) is 26.2 Å². The number of nitrogens with one attached hydrogen (secondary N) is 1. The van der Waals surface area contributed by atoms with Crippen molar-refractivity contribution < 1.29 is 18.0 Å². The molecular weight excluding hydrogens is 257 g/mol. The molecular formula is C13H17F3N2O. The predicted octanol–water partition coefficient (Wildman–Crippen LogP) is 2.18. The number of likely N-dealkylation sites (N-methyl/N-ethyl adjacent to an activating group) is 1. The second kappa shape index (κ2) is 7.13. The van der Waals surface area contributed by atoms with Crippen molar-refractivity contribution in [1.29, 1.82) is 0 Å². The molecule has 0 aliphatic carbocycles. The average molecular weight is 274 g/mol. The quantitative estimate of drug-likeness (QED) is 0.806. The van der Waals surface area contributed by atoms with E-state index in [0.717, 1.165) is 13.1 Å². The minimum atomic E-state index is -1.57. The Balaban J connectivity index is 2.59. The van der Waals surface area contributed by atoms with Crippen LogP contribution in [-0.4, -0.2) is 37.0 Å². The molecule has 1 N–H and O–H groups in total. The fourth-order valence-electron chi connectivity index (χ4n) is 1.66. The lowest BCUT2D eigenvalue weighted by Gasteiger charge is -2.17. The third-order valence-corrected chi connectivity index (χ3v) is 2.85. The molecule has 0 bridgehead atoms. The summed E-state index contributed by atoms with van der Waals surface area (Å²) in [4.78, 5) is 13.7. The van der Waals surface area contributed by atoms with E-state index >= 15 is 0 Å². The summed E-state index contributed by atoms with van der Waals surface area (Å²) in [5, 5.41) is 2.54. The zero-order valence-corrected chi connectivity index (χ0v) is 11.0. The van der Waals surface area contributed by atoms with Crippen LogP contribution in [0.15, 0.2) is 12.1 Å². The van der Waals surface area contributed by atoms with Gasteiger partial charge in [-0.1, -0.05) is 13.8 Å². The molecule has 0 aliphatic heterocycles. The monoisotopic (exact) mass is 274 g/mol. The molecule has 19 heavy (non-hydrogen) atoms. The number of benzene rings is 1. The number of amides is 1. The van der Waals surface area contributed by atoms with Gasteiger partial charge in [-0.3, -0.25) is 4.79 Å². The molecule has 0 heterocycles. The van der Waals surface area contributed by atoms with Crippen molar-refractivity contribution in [3.8, 4) is 0 Å². The molecule has 1 amide bonds. The third kappa shape index (κ3) is 4.24. The van der Waals surface area contributed by atoms with Gasteiger partial charge < -0.3 is 10.2 Å². The first kappa shape index (κ1) is 15.5. The van der Waals surface area contributed by atoms with E-state index in [-0.39, 0.29) is 5.56 Å². The summed E-state index contributed by atoms with van der Waals surface area (Å²) in [6.07, 6.45) is 0. The lowest BCUT2D eigenvalue weighted by molar-refractivity contribution is 0.0947. The summed E-state index contributed by atoms with van der Waals surface area (Å²) in [7, 11) is 0. The van der Waals surface area contributed by atoms with Gasteiger partial charge in [-0.05, 0) is 25.2 Å². The van der Waals surface area contributed by atoms with Crippen LogP contribution in [0.5, 0.6) is 0 Å². The molecule has 0 unspecified atom stereocenters. The number of rotatable bonds is 6. The molecule has 0 aliphatic rings. The van der Waals surface area contributed by atoms with Crippen molar-refractivity contribution in [1.82, 2.24) is 10.2 Å². The standard InChI is InChI=1S/C13H17F3N2O/c1-3-18(4-2)6-5-17-13(19)9-7-10(14)12(16)11(15)8-9/h7-8H,3-6H2,1-2H3,(H,17,19). The van der Waals surface area contributed by atoms with Crippen LogP contribution in [0.25, 0.3) is 0 Å². The number of halogens is 3. The zero-order valence-electron chi connectivity index (χ0n) is 11.0. The Morgan fingerprint density at radius 2 is 1.68 bits per heavy atom. The molecule has 0 radical (unpaired) electrons. The van der Waals surface area contributed by atoms with Crippen molar-refractivity contribution in [2.24, 2.45) is 0 Å². The van der Waals surface area contributed by atoms with E-state index in [1.54, 1.807) is 0 Å². The number of nitrogens with zero attached hydrogens (tertiary/aromatic N) is 1. The van der Waals surface area contributed by atoms with Crippen molar-refractivity contribution in [3.05, 3.63) is 35.1 Å². The zero-order chi connectivity index (χ0) is 14.4. The topological polar surface area (TPSA) is 32.3 Å². The molecule has 1 aromatic carbocycles. The highest BCUT2D eigenvalue weighted by molar-refractivity contribution is 5.94. The van der Waals surface area contributed by atoms with Crippen LogP contribution in [0, 0.1) is 17.5 Å². The average Bonchev–Trinajstić information content (AvgIpc) is 2.40. The van der Waals surface area contributed by atoms with Gasteiger partial charge in [0.2, 0.25) is 0 Å². The van der Waals surface area contributed by atoms with Crippen molar-refractivity contribution >= 4 is 5.91 Å². The van der Waals surface area contributed by atoms with Crippen LogP contribution >= 0.6 is 0 Å². The maximum atomic E-state index is 13.0. The van der Waals surface area contributed by atoms with Crippen molar-refractivity contribution in [2.45, 2.75) is 13.8 Å². The molecule has 3 nitrogen and oxygen atoms in total. The molecule has 0 spiro atoms. The number of carbonyl (C=O) groups excluding carboxylic acids is 1. The van der Waals surface area contributed by atoms with E-state index in [1.807, 2.05) is 13.8 Å². The summed E-state index contributed by atoms with van der Waals surface area (Å²) in [6, 6.07) is 1.37. The first-order valence-electron chi connectivity index (χ1n) is 6.14. The van der Waals surface area contributed by atoms with Crippen LogP contribution in [0.3, 0.4) is 0 Å². The van der Waals surface area contributed by atoms with Gasteiger partial charge in [0, 0.05) is 18.7 Å². The maximum absolute atomic E-state index is 13.0. The van der Waals surface area contributed by atoms with Crippen LogP contribution < -0.4 is 5.32 Å². The highest BCUT2D eigenvalue weighted by Gasteiger charge is 2.14. The molecule has 106 valence electrons. The smallest absolute Gasteiger partial charge is 0.251 e. The fourth-order valence-corrected chi connectivity index (χ4v) is 1.66. The Morgan fingerprint density at radius 1 is 1.16 bits per heavy atom. The molecule has 0 aromatic heterocycles. The summed E-state index contributed by atoms with van der Waals surface area (Å²) in [5.74, 6) is -4.92. The first-order chi connectivity index (χ1) is 8.99. The number of hydrogen-bond acceptors (Lipinski definition) is 2. The summed E-state index contributed by atoms with van der Waals surface area (Å²) >= 11 is 0. The van der Waals surface area contributed by atoms with Gasteiger partial charge in [-0.25, -0.2) is 13.2 Å². The molecule has 6 heteroatoms. The minimum absolute atomic E-state index is 0.226. The Morgan fingerprint density at radius 3 is 2.16 bits per heavy atom.